The van der Waals surface area contributed by atoms with Crippen LogP contribution in [0.3, 0.4) is 0 Å². The molecule has 0 aliphatic rings. The molecule has 0 saturated heterocycles. The predicted octanol–water partition coefficient (Wildman–Crippen LogP) is 2.96. The normalized spacial score (nSPS) is 10.5. The molecule has 17 heavy (non-hydrogen) atoms. The van der Waals surface area contributed by atoms with Crippen LogP contribution in [0.2, 0.25) is 0 Å². The van der Waals surface area contributed by atoms with Crippen LogP contribution in [-0.4, -0.2) is 11.6 Å². The summed E-state index contributed by atoms with van der Waals surface area (Å²) in [7, 11) is 0. The van der Waals surface area contributed by atoms with Gasteiger partial charge in [-0.05, 0) is 25.1 Å². The van der Waals surface area contributed by atoms with E-state index in [1.807, 2.05) is 6.92 Å². The van der Waals surface area contributed by atoms with Crippen molar-refractivity contribution >= 4 is 22.3 Å². The van der Waals surface area contributed by atoms with Crippen molar-refractivity contribution in [2.24, 2.45) is 0 Å². The van der Waals surface area contributed by atoms with Crippen LogP contribution in [0.4, 0.5) is 10.1 Å². The Kier molecular flexibility index (Phi) is 2.95. The molecule has 1 aromatic heterocycles. The number of pyridine rings is 1. The summed E-state index contributed by atoms with van der Waals surface area (Å²) in [6.07, 6.45) is 1.53. The minimum atomic E-state index is -0.338. The van der Waals surface area contributed by atoms with Crippen molar-refractivity contribution in [1.29, 1.82) is 0 Å². The van der Waals surface area contributed by atoms with Crippen molar-refractivity contribution in [2.45, 2.75) is 6.92 Å². The maximum Gasteiger partial charge on any atom is 0.123 e. The quantitative estimate of drug-likeness (QED) is 0.827. The molecule has 0 saturated carbocycles. The van der Waals surface area contributed by atoms with Crippen LogP contribution in [0.5, 0.6) is 0 Å². The Morgan fingerprint density at radius 3 is 3.00 bits per heavy atom. The van der Waals surface area contributed by atoms with Gasteiger partial charge in [0.05, 0.1) is 24.0 Å². The lowest BCUT2D eigenvalue weighted by atomic mass is 10.1. The fraction of sp³-hybridized carbons (Fsp3) is 0.154. The number of aromatic nitrogens is 1. The lowest BCUT2D eigenvalue weighted by Crippen LogP contribution is -1.99. The molecule has 1 aromatic carbocycles. The molecule has 0 aliphatic heterocycles. The van der Waals surface area contributed by atoms with Crippen LogP contribution in [0, 0.1) is 5.82 Å². The standard InChI is InChI=1S/C13H13FN2O/c1-3-17-8(2)13-10-6-9(14)4-5-12(10)16-7-11(13)15/h4-7H,2-3,15H2,1H3. The summed E-state index contributed by atoms with van der Waals surface area (Å²) in [5.41, 5.74) is 7.55. The number of hydrogen-bond donors (Lipinski definition) is 1. The van der Waals surface area contributed by atoms with Crippen LogP contribution >= 0.6 is 0 Å². The van der Waals surface area contributed by atoms with Gasteiger partial charge in [-0.1, -0.05) is 6.58 Å². The van der Waals surface area contributed by atoms with Crippen molar-refractivity contribution in [3.05, 3.63) is 42.4 Å². The third kappa shape index (κ3) is 2.06. The van der Waals surface area contributed by atoms with E-state index in [0.29, 0.717) is 34.5 Å². The Balaban J connectivity index is 2.70. The summed E-state index contributed by atoms with van der Waals surface area (Å²) in [5, 5.41) is 0.614. The molecule has 2 rings (SSSR count). The molecule has 2 N–H and O–H groups in total. The van der Waals surface area contributed by atoms with Crippen molar-refractivity contribution in [3.8, 4) is 0 Å². The summed E-state index contributed by atoms with van der Waals surface area (Å²) in [4.78, 5) is 4.14. The van der Waals surface area contributed by atoms with Crippen LogP contribution < -0.4 is 5.73 Å². The van der Waals surface area contributed by atoms with Gasteiger partial charge in [-0.15, -0.1) is 0 Å². The van der Waals surface area contributed by atoms with E-state index in [4.69, 9.17) is 10.5 Å². The largest absolute Gasteiger partial charge is 0.494 e. The van der Waals surface area contributed by atoms with Gasteiger partial charge in [0.2, 0.25) is 0 Å². The van der Waals surface area contributed by atoms with Crippen molar-refractivity contribution in [1.82, 2.24) is 4.98 Å². The average Bonchev–Trinajstić information content (AvgIpc) is 2.28. The minimum Gasteiger partial charge on any atom is -0.494 e. The summed E-state index contributed by atoms with van der Waals surface area (Å²) < 4.78 is 18.6. The lowest BCUT2D eigenvalue weighted by molar-refractivity contribution is 0.300. The highest BCUT2D eigenvalue weighted by atomic mass is 19.1. The van der Waals surface area contributed by atoms with Crippen LogP contribution in [0.15, 0.2) is 31.0 Å². The van der Waals surface area contributed by atoms with Crippen molar-refractivity contribution < 1.29 is 9.13 Å². The van der Waals surface area contributed by atoms with Gasteiger partial charge < -0.3 is 10.5 Å². The highest BCUT2D eigenvalue weighted by Gasteiger charge is 2.11. The Morgan fingerprint density at radius 1 is 1.53 bits per heavy atom. The first-order valence-electron chi connectivity index (χ1n) is 5.29. The van der Waals surface area contributed by atoms with Crippen molar-refractivity contribution in [3.63, 3.8) is 0 Å². The first-order chi connectivity index (χ1) is 8.13. The number of ether oxygens (including phenoxy) is 1. The second-order valence-electron chi connectivity index (χ2n) is 3.61. The summed E-state index contributed by atoms with van der Waals surface area (Å²) in [6.45, 7) is 6.14. The zero-order valence-corrected chi connectivity index (χ0v) is 9.53. The summed E-state index contributed by atoms with van der Waals surface area (Å²) >= 11 is 0. The lowest BCUT2D eigenvalue weighted by Gasteiger charge is -2.12. The molecule has 2 aromatic rings. The van der Waals surface area contributed by atoms with Crippen LogP contribution in [-0.2, 0) is 4.74 Å². The number of anilines is 1. The van der Waals surface area contributed by atoms with Gasteiger partial charge in [-0.3, -0.25) is 4.98 Å². The average molecular weight is 232 g/mol. The SMILES string of the molecule is C=C(OCC)c1c(N)cnc2ccc(F)cc12. The number of nitrogens with zero attached hydrogens (tertiary/aromatic N) is 1. The first kappa shape index (κ1) is 11.4. The van der Waals surface area contributed by atoms with E-state index in [1.54, 1.807) is 6.07 Å². The van der Waals surface area contributed by atoms with E-state index in [2.05, 4.69) is 11.6 Å². The van der Waals surface area contributed by atoms with E-state index >= 15 is 0 Å². The van der Waals surface area contributed by atoms with E-state index in [1.165, 1.54) is 18.3 Å². The number of benzene rings is 1. The van der Waals surface area contributed by atoms with E-state index in [0.717, 1.165) is 0 Å². The Labute approximate surface area is 98.7 Å². The molecule has 0 bridgehead atoms. The molecule has 0 unspecified atom stereocenters. The van der Waals surface area contributed by atoms with E-state index in [-0.39, 0.29) is 5.82 Å². The van der Waals surface area contributed by atoms with Gasteiger partial charge >= 0.3 is 0 Å². The molecule has 0 radical (unpaired) electrons. The number of fused-ring (bicyclic) bond motifs is 1. The third-order valence-electron chi connectivity index (χ3n) is 2.46. The van der Waals surface area contributed by atoms with Gasteiger partial charge in [0.15, 0.2) is 0 Å². The number of hydrogen-bond acceptors (Lipinski definition) is 3. The monoisotopic (exact) mass is 232 g/mol. The zero-order chi connectivity index (χ0) is 12.4. The fourth-order valence-corrected chi connectivity index (χ4v) is 1.74. The third-order valence-corrected chi connectivity index (χ3v) is 2.46. The van der Waals surface area contributed by atoms with Gasteiger partial charge in [0.1, 0.15) is 11.6 Å². The fourth-order valence-electron chi connectivity index (χ4n) is 1.74. The number of nitrogens with two attached hydrogens (primary N) is 1. The Morgan fingerprint density at radius 2 is 2.29 bits per heavy atom. The summed E-state index contributed by atoms with van der Waals surface area (Å²) in [5.74, 6) is 0.0958. The Bertz CT molecular complexity index is 576. The number of halogens is 1. The molecule has 4 heteroatoms. The minimum absolute atomic E-state index is 0.338. The van der Waals surface area contributed by atoms with E-state index < -0.39 is 0 Å². The molecule has 0 amide bonds. The predicted molar refractivity (Wildman–Crippen MR) is 66.8 cm³/mol. The molecular formula is C13H13FN2O. The molecule has 88 valence electrons. The number of rotatable bonds is 3. The molecular weight excluding hydrogens is 219 g/mol. The topological polar surface area (TPSA) is 48.1 Å². The van der Waals surface area contributed by atoms with Crippen LogP contribution in [0.25, 0.3) is 16.7 Å². The smallest absolute Gasteiger partial charge is 0.123 e. The van der Waals surface area contributed by atoms with Crippen LogP contribution in [0.1, 0.15) is 12.5 Å². The highest BCUT2D eigenvalue weighted by Crippen LogP contribution is 2.29. The number of nitrogen functional groups attached to an aromatic ring is 1. The molecule has 0 fully saturated rings. The second-order valence-corrected chi connectivity index (χ2v) is 3.61. The van der Waals surface area contributed by atoms with Gasteiger partial charge in [0.25, 0.3) is 0 Å². The van der Waals surface area contributed by atoms with Gasteiger partial charge in [-0.25, -0.2) is 4.39 Å². The molecule has 0 aliphatic carbocycles. The van der Waals surface area contributed by atoms with Crippen molar-refractivity contribution in [2.75, 3.05) is 12.3 Å². The maximum atomic E-state index is 13.3. The first-order valence-corrected chi connectivity index (χ1v) is 5.29. The Hall–Kier alpha value is -2.10. The molecule has 3 nitrogen and oxygen atoms in total. The van der Waals surface area contributed by atoms with Gasteiger partial charge in [-0.2, -0.15) is 0 Å². The zero-order valence-electron chi connectivity index (χ0n) is 9.53. The van der Waals surface area contributed by atoms with E-state index in [9.17, 15) is 4.39 Å². The van der Waals surface area contributed by atoms with Gasteiger partial charge in [0, 0.05) is 10.9 Å². The molecule has 1 heterocycles. The highest BCUT2D eigenvalue weighted by molar-refractivity contribution is 5.94. The second kappa shape index (κ2) is 4.41. The molecule has 0 spiro atoms. The summed E-state index contributed by atoms with van der Waals surface area (Å²) in [6, 6.07) is 4.35. The molecule has 0 atom stereocenters. The maximum absolute atomic E-state index is 13.3.